The Kier molecular flexibility index (Phi) is 4.07. The van der Waals surface area contributed by atoms with E-state index in [0.29, 0.717) is 11.7 Å². The minimum Gasteiger partial charge on any atom is -0.508 e. The minimum absolute atomic E-state index is 0.228. The van der Waals surface area contributed by atoms with E-state index in [4.69, 9.17) is 0 Å². The number of phenols is 1. The third-order valence-corrected chi connectivity index (χ3v) is 3.60. The van der Waals surface area contributed by atoms with Crippen molar-refractivity contribution < 1.29 is 14.6 Å². The molecule has 1 amide bonds. The first-order chi connectivity index (χ1) is 8.69. The molecule has 1 fully saturated rings. The molecular formula is C14H19NO3. The van der Waals surface area contributed by atoms with Crippen LogP contribution in [0.4, 0.5) is 4.79 Å². The Morgan fingerprint density at radius 1 is 1.22 bits per heavy atom. The summed E-state index contributed by atoms with van der Waals surface area (Å²) in [6.07, 6.45) is 3.71. The van der Waals surface area contributed by atoms with Crippen LogP contribution in [0.5, 0.6) is 5.75 Å². The summed E-state index contributed by atoms with van der Waals surface area (Å²) in [7, 11) is 1.39. The van der Waals surface area contributed by atoms with Crippen LogP contribution in [0.25, 0.3) is 0 Å². The maximum absolute atomic E-state index is 11.1. The van der Waals surface area contributed by atoms with Crippen LogP contribution in [-0.4, -0.2) is 24.4 Å². The van der Waals surface area contributed by atoms with Crippen molar-refractivity contribution in [1.29, 1.82) is 0 Å². The third kappa shape index (κ3) is 3.15. The van der Waals surface area contributed by atoms with Gasteiger partial charge in [0, 0.05) is 6.04 Å². The first-order valence-corrected chi connectivity index (χ1v) is 6.32. The van der Waals surface area contributed by atoms with E-state index in [0.717, 1.165) is 25.7 Å². The van der Waals surface area contributed by atoms with Gasteiger partial charge < -0.3 is 15.2 Å². The van der Waals surface area contributed by atoms with Crippen LogP contribution < -0.4 is 5.32 Å². The smallest absolute Gasteiger partial charge is 0.407 e. The molecule has 0 spiro atoms. The topological polar surface area (TPSA) is 58.6 Å². The van der Waals surface area contributed by atoms with E-state index >= 15 is 0 Å². The molecule has 18 heavy (non-hydrogen) atoms. The lowest BCUT2D eigenvalue weighted by Crippen LogP contribution is -2.37. The molecule has 1 saturated carbocycles. The molecule has 1 aromatic rings. The van der Waals surface area contributed by atoms with Gasteiger partial charge in [0.1, 0.15) is 5.75 Å². The Morgan fingerprint density at radius 3 is 2.39 bits per heavy atom. The van der Waals surface area contributed by atoms with Gasteiger partial charge in [0.15, 0.2) is 0 Å². The van der Waals surface area contributed by atoms with E-state index in [1.165, 1.54) is 12.7 Å². The fourth-order valence-electron chi connectivity index (χ4n) is 2.54. The summed E-state index contributed by atoms with van der Waals surface area (Å²) >= 11 is 0. The summed E-state index contributed by atoms with van der Waals surface area (Å²) in [5.41, 5.74) is 1.27. The van der Waals surface area contributed by atoms with E-state index in [9.17, 15) is 9.90 Å². The fraction of sp³-hybridized carbons (Fsp3) is 0.500. The highest BCUT2D eigenvalue weighted by molar-refractivity contribution is 5.67. The van der Waals surface area contributed by atoms with Crippen LogP contribution >= 0.6 is 0 Å². The number of nitrogens with one attached hydrogen (secondary N) is 1. The molecule has 4 heteroatoms. The molecule has 1 aliphatic rings. The summed E-state index contributed by atoms with van der Waals surface area (Å²) in [4.78, 5) is 11.1. The van der Waals surface area contributed by atoms with Crippen molar-refractivity contribution in [3.8, 4) is 5.75 Å². The summed E-state index contributed by atoms with van der Waals surface area (Å²) in [6.45, 7) is 0. The van der Waals surface area contributed by atoms with Gasteiger partial charge in [0.25, 0.3) is 0 Å². The second kappa shape index (κ2) is 5.76. The first kappa shape index (κ1) is 12.7. The van der Waals surface area contributed by atoms with Crippen LogP contribution in [0.15, 0.2) is 24.3 Å². The molecule has 4 nitrogen and oxygen atoms in total. The van der Waals surface area contributed by atoms with Gasteiger partial charge in [-0.3, -0.25) is 0 Å². The van der Waals surface area contributed by atoms with Crippen LogP contribution in [0.2, 0.25) is 0 Å². The lowest BCUT2D eigenvalue weighted by atomic mass is 9.82. The molecule has 0 saturated heterocycles. The lowest BCUT2D eigenvalue weighted by molar-refractivity contribution is 0.162. The average molecular weight is 249 g/mol. The summed E-state index contributed by atoms with van der Waals surface area (Å²) in [6, 6.07) is 7.65. The first-order valence-electron chi connectivity index (χ1n) is 6.32. The number of methoxy groups -OCH3 is 1. The van der Waals surface area contributed by atoms with Gasteiger partial charge in [0.2, 0.25) is 0 Å². The van der Waals surface area contributed by atoms with Crippen LogP contribution in [0.1, 0.15) is 37.2 Å². The zero-order valence-corrected chi connectivity index (χ0v) is 10.6. The third-order valence-electron chi connectivity index (χ3n) is 3.60. The highest BCUT2D eigenvalue weighted by Gasteiger charge is 2.23. The summed E-state index contributed by atoms with van der Waals surface area (Å²) in [5, 5.41) is 12.1. The molecule has 0 radical (unpaired) electrons. The largest absolute Gasteiger partial charge is 0.508 e. The molecule has 0 heterocycles. The van der Waals surface area contributed by atoms with Crippen molar-refractivity contribution in [2.75, 3.05) is 7.11 Å². The Morgan fingerprint density at radius 2 is 1.83 bits per heavy atom. The molecule has 0 aliphatic heterocycles. The van der Waals surface area contributed by atoms with Crippen molar-refractivity contribution in [1.82, 2.24) is 5.32 Å². The molecule has 0 atom stereocenters. The van der Waals surface area contributed by atoms with Crippen molar-refractivity contribution in [2.45, 2.75) is 37.6 Å². The number of hydrogen-bond acceptors (Lipinski definition) is 3. The number of rotatable bonds is 2. The summed E-state index contributed by atoms with van der Waals surface area (Å²) in [5.74, 6) is 0.834. The van der Waals surface area contributed by atoms with E-state index in [1.54, 1.807) is 12.1 Å². The number of benzene rings is 1. The summed E-state index contributed by atoms with van der Waals surface area (Å²) < 4.78 is 4.60. The highest BCUT2D eigenvalue weighted by atomic mass is 16.5. The Hall–Kier alpha value is -1.71. The zero-order valence-electron chi connectivity index (χ0n) is 10.6. The predicted molar refractivity (Wildman–Crippen MR) is 68.6 cm³/mol. The molecule has 0 bridgehead atoms. The molecule has 1 aliphatic carbocycles. The van der Waals surface area contributed by atoms with Gasteiger partial charge in [-0.1, -0.05) is 12.1 Å². The fourth-order valence-corrected chi connectivity index (χ4v) is 2.54. The molecule has 0 unspecified atom stereocenters. The van der Waals surface area contributed by atoms with Crippen LogP contribution in [0.3, 0.4) is 0 Å². The zero-order chi connectivity index (χ0) is 13.0. The monoisotopic (exact) mass is 249 g/mol. The van der Waals surface area contributed by atoms with Gasteiger partial charge in [-0.2, -0.15) is 0 Å². The Labute approximate surface area is 107 Å². The molecule has 2 N–H and O–H groups in total. The molecular weight excluding hydrogens is 230 g/mol. The van der Waals surface area contributed by atoms with Crippen molar-refractivity contribution in [2.24, 2.45) is 0 Å². The van der Waals surface area contributed by atoms with Gasteiger partial charge >= 0.3 is 6.09 Å². The number of phenolic OH excluding ortho intramolecular Hbond substituents is 1. The minimum atomic E-state index is -0.344. The number of aromatic hydroxyl groups is 1. The number of ether oxygens (including phenoxy) is 1. The van der Waals surface area contributed by atoms with Crippen LogP contribution in [0, 0.1) is 0 Å². The number of carbonyl (C=O) groups is 1. The maximum Gasteiger partial charge on any atom is 0.407 e. The molecule has 98 valence electrons. The average Bonchev–Trinajstić information content (AvgIpc) is 2.40. The second-order valence-corrected chi connectivity index (χ2v) is 4.78. The Bertz CT molecular complexity index is 394. The number of amides is 1. The van der Waals surface area contributed by atoms with E-state index < -0.39 is 0 Å². The standard InChI is InChI=1S/C14H19NO3/c1-18-14(17)15-12-6-2-10(3-7-12)11-4-8-13(16)9-5-11/h4-5,8-10,12,16H,2-3,6-7H2,1H3,(H,15,17). The Balaban J connectivity index is 1.86. The quantitative estimate of drug-likeness (QED) is 0.847. The molecule has 1 aromatic carbocycles. The number of hydrogen-bond donors (Lipinski definition) is 2. The van der Waals surface area contributed by atoms with E-state index in [1.807, 2.05) is 12.1 Å². The van der Waals surface area contributed by atoms with E-state index in [2.05, 4.69) is 10.1 Å². The second-order valence-electron chi connectivity index (χ2n) is 4.78. The molecule has 2 rings (SSSR count). The van der Waals surface area contributed by atoms with E-state index in [-0.39, 0.29) is 12.1 Å². The highest BCUT2D eigenvalue weighted by Crippen LogP contribution is 2.33. The maximum atomic E-state index is 11.1. The van der Waals surface area contributed by atoms with Gasteiger partial charge in [-0.15, -0.1) is 0 Å². The van der Waals surface area contributed by atoms with Gasteiger partial charge in [0.05, 0.1) is 7.11 Å². The van der Waals surface area contributed by atoms with Gasteiger partial charge in [-0.05, 0) is 49.3 Å². The predicted octanol–water partition coefficient (Wildman–Crippen LogP) is 2.77. The molecule has 0 aromatic heterocycles. The SMILES string of the molecule is COC(=O)NC1CCC(c2ccc(O)cc2)CC1. The van der Waals surface area contributed by atoms with Crippen molar-refractivity contribution in [3.63, 3.8) is 0 Å². The lowest BCUT2D eigenvalue weighted by Gasteiger charge is -2.29. The van der Waals surface area contributed by atoms with Crippen LogP contribution in [-0.2, 0) is 4.74 Å². The number of alkyl carbamates (subject to hydrolysis) is 1. The van der Waals surface area contributed by atoms with Gasteiger partial charge in [-0.25, -0.2) is 4.79 Å². The van der Waals surface area contributed by atoms with Crippen molar-refractivity contribution in [3.05, 3.63) is 29.8 Å². The number of carbonyl (C=O) groups excluding carboxylic acids is 1. The van der Waals surface area contributed by atoms with Crippen molar-refractivity contribution >= 4 is 6.09 Å². The normalized spacial score (nSPS) is 23.4.